The third-order valence-corrected chi connectivity index (χ3v) is 7.73. The quantitative estimate of drug-likeness (QED) is 0.263. The average molecular weight is 550 g/mol. The van der Waals surface area contributed by atoms with E-state index in [2.05, 4.69) is 9.27 Å². The van der Waals surface area contributed by atoms with Crippen LogP contribution in [0.25, 0.3) is 10.2 Å². The highest BCUT2D eigenvalue weighted by Gasteiger charge is 2.33. The van der Waals surface area contributed by atoms with Crippen molar-refractivity contribution in [1.29, 1.82) is 0 Å². The van der Waals surface area contributed by atoms with Crippen LogP contribution in [0.3, 0.4) is 0 Å². The lowest BCUT2D eigenvalue weighted by atomic mass is 9.98. The van der Waals surface area contributed by atoms with Crippen LogP contribution in [0.5, 0.6) is 0 Å². The van der Waals surface area contributed by atoms with Crippen LogP contribution in [-0.4, -0.2) is 56.8 Å². The first-order chi connectivity index (χ1) is 18.6. The zero-order valence-electron chi connectivity index (χ0n) is 23.4. The van der Waals surface area contributed by atoms with Gasteiger partial charge in [0.2, 0.25) is 0 Å². The van der Waals surface area contributed by atoms with Gasteiger partial charge in [0.15, 0.2) is 4.83 Å². The number of rotatable bonds is 10. The van der Waals surface area contributed by atoms with Crippen LogP contribution in [-0.2, 0) is 6.54 Å². The van der Waals surface area contributed by atoms with Crippen molar-refractivity contribution >= 4 is 27.7 Å². The molecule has 4 aromatic rings. The maximum absolute atomic E-state index is 14.5. The van der Waals surface area contributed by atoms with Crippen LogP contribution in [0.4, 0.5) is 4.39 Å². The van der Waals surface area contributed by atoms with Crippen LogP contribution in [0, 0.1) is 25.6 Å². The van der Waals surface area contributed by atoms with E-state index in [9.17, 15) is 14.0 Å². The maximum atomic E-state index is 14.5. The number of aryl methyl sites for hydroxylation is 2. The van der Waals surface area contributed by atoms with Gasteiger partial charge in [0.05, 0.1) is 23.7 Å². The molecular formula is C30H36FN5O2S. The average Bonchev–Trinajstić information content (AvgIpc) is 3.27. The van der Waals surface area contributed by atoms with E-state index in [4.69, 9.17) is 4.98 Å². The van der Waals surface area contributed by atoms with Crippen LogP contribution >= 0.6 is 11.5 Å². The first-order valence-electron chi connectivity index (χ1n) is 13.2. The number of hydrogen-bond donors (Lipinski definition) is 0. The second-order valence-corrected chi connectivity index (χ2v) is 11.4. The Balaban J connectivity index is 1.90. The Bertz CT molecular complexity index is 1510. The molecule has 0 aliphatic carbocycles. The molecule has 9 heteroatoms. The van der Waals surface area contributed by atoms with E-state index in [1.807, 2.05) is 65.2 Å². The third kappa shape index (κ3) is 6.25. The molecule has 0 fully saturated rings. The van der Waals surface area contributed by atoms with E-state index in [0.717, 1.165) is 12.1 Å². The third-order valence-electron chi connectivity index (χ3n) is 6.90. The van der Waals surface area contributed by atoms with Crippen LogP contribution in [0.1, 0.15) is 59.3 Å². The number of nitrogens with zero attached hydrogens (tertiary/aromatic N) is 5. The van der Waals surface area contributed by atoms with Gasteiger partial charge in [0.25, 0.3) is 11.5 Å². The SMILES string of the molecule is Cc1ccc(C(=O)N(CCCN(C)C)[C@H](c2nc3snc(C)c3c(=O)n2Cc2ccccc2)C(C)C)cc1F. The first-order valence-corrected chi connectivity index (χ1v) is 14.0. The molecule has 1 amide bonds. The lowest BCUT2D eigenvalue weighted by Gasteiger charge is -2.35. The lowest BCUT2D eigenvalue weighted by Crippen LogP contribution is -2.42. The standard InChI is InChI=1S/C30H36FN5O2S/c1-19(2)26(35(16-10-15-34(5)6)29(37)23-14-13-20(3)24(31)17-23)27-32-28-25(21(4)33-39-28)30(38)36(27)18-22-11-8-7-9-12-22/h7-9,11-14,17,19,26H,10,15-16,18H2,1-6H3/t26-/m0/s1. The van der Waals surface area contributed by atoms with Gasteiger partial charge in [-0.1, -0.05) is 50.2 Å². The number of benzene rings is 2. The highest BCUT2D eigenvalue weighted by molar-refractivity contribution is 7.12. The molecule has 2 aromatic heterocycles. The summed E-state index contributed by atoms with van der Waals surface area (Å²) in [7, 11) is 3.97. The molecule has 0 spiro atoms. The molecule has 39 heavy (non-hydrogen) atoms. The fourth-order valence-corrected chi connectivity index (χ4v) is 5.62. The van der Waals surface area contributed by atoms with Crippen molar-refractivity contribution in [3.05, 3.63) is 92.9 Å². The summed E-state index contributed by atoms with van der Waals surface area (Å²) in [6.45, 7) is 9.05. The summed E-state index contributed by atoms with van der Waals surface area (Å²) in [5.74, 6) is -0.270. The molecule has 0 N–H and O–H groups in total. The molecule has 206 valence electrons. The Kier molecular flexibility index (Phi) is 8.92. The summed E-state index contributed by atoms with van der Waals surface area (Å²) in [6.07, 6.45) is 0.709. The van der Waals surface area contributed by atoms with Crippen molar-refractivity contribution in [3.8, 4) is 0 Å². The molecule has 1 atom stereocenters. The monoisotopic (exact) mass is 549 g/mol. The number of hydrogen-bond acceptors (Lipinski definition) is 6. The molecule has 2 aromatic carbocycles. The van der Waals surface area contributed by atoms with Crippen molar-refractivity contribution in [1.82, 2.24) is 23.7 Å². The molecule has 0 radical (unpaired) electrons. The number of carbonyl (C=O) groups excluding carboxylic acids is 1. The van der Waals surface area contributed by atoms with E-state index in [1.54, 1.807) is 28.5 Å². The molecule has 0 saturated carbocycles. The van der Waals surface area contributed by atoms with E-state index in [-0.39, 0.29) is 22.9 Å². The van der Waals surface area contributed by atoms with Gasteiger partial charge in [0, 0.05) is 12.1 Å². The van der Waals surface area contributed by atoms with Crippen molar-refractivity contribution in [2.45, 2.75) is 46.7 Å². The van der Waals surface area contributed by atoms with Gasteiger partial charge in [-0.05, 0) is 81.6 Å². The van der Waals surface area contributed by atoms with E-state index in [1.165, 1.54) is 17.6 Å². The number of fused-ring (bicyclic) bond motifs is 1. The van der Waals surface area contributed by atoms with Gasteiger partial charge in [-0.15, -0.1) is 0 Å². The summed E-state index contributed by atoms with van der Waals surface area (Å²) in [5, 5.41) is 0.508. The van der Waals surface area contributed by atoms with Gasteiger partial charge in [0.1, 0.15) is 11.6 Å². The van der Waals surface area contributed by atoms with Crippen LogP contribution in [0.15, 0.2) is 53.3 Å². The first kappa shape index (κ1) is 28.6. The fourth-order valence-electron chi connectivity index (χ4n) is 4.84. The highest BCUT2D eigenvalue weighted by Crippen LogP contribution is 2.31. The molecule has 7 nitrogen and oxygen atoms in total. The van der Waals surface area contributed by atoms with Crippen LogP contribution in [0.2, 0.25) is 0 Å². The van der Waals surface area contributed by atoms with E-state index >= 15 is 0 Å². The summed E-state index contributed by atoms with van der Waals surface area (Å²) >= 11 is 1.19. The Morgan fingerprint density at radius 3 is 2.44 bits per heavy atom. The van der Waals surface area contributed by atoms with Gasteiger partial charge in [-0.3, -0.25) is 14.2 Å². The Morgan fingerprint density at radius 2 is 1.79 bits per heavy atom. The number of halogens is 1. The molecule has 0 saturated heterocycles. The minimum atomic E-state index is -0.521. The Morgan fingerprint density at radius 1 is 1.08 bits per heavy atom. The molecular weight excluding hydrogens is 513 g/mol. The summed E-state index contributed by atoms with van der Waals surface area (Å²) in [4.78, 5) is 37.4. The predicted molar refractivity (Wildman–Crippen MR) is 155 cm³/mol. The van der Waals surface area contributed by atoms with Gasteiger partial charge in [-0.25, -0.2) is 9.37 Å². The number of amides is 1. The summed E-state index contributed by atoms with van der Waals surface area (Å²) < 4.78 is 20.6. The van der Waals surface area contributed by atoms with Crippen molar-refractivity contribution in [2.24, 2.45) is 5.92 Å². The maximum Gasteiger partial charge on any atom is 0.264 e. The van der Waals surface area contributed by atoms with Gasteiger partial charge >= 0.3 is 0 Å². The zero-order valence-corrected chi connectivity index (χ0v) is 24.3. The lowest BCUT2D eigenvalue weighted by molar-refractivity contribution is 0.0595. The summed E-state index contributed by atoms with van der Waals surface area (Å²) in [5.41, 5.74) is 2.20. The number of carbonyl (C=O) groups is 1. The normalized spacial score (nSPS) is 12.4. The molecule has 0 aliphatic heterocycles. The molecule has 2 heterocycles. The minimum absolute atomic E-state index is 0.0796. The predicted octanol–water partition coefficient (Wildman–Crippen LogP) is 5.45. The molecule has 4 rings (SSSR count). The smallest absolute Gasteiger partial charge is 0.264 e. The fraction of sp³-hybridized carbons (Fsp3) is 0.400. The second kappa shape index (κ2) is 12.2. The zero-order chi connectivity index (χ0) is 28.3. The Hall–Kier alpha value is -3.43. The second-order valence-electron chi connectivity index (χ2n) is 10.6. The summed E-state index contributed by atoms with van der Waals surface area (Å²) in [6, 6.07) is 13.8. The molecule has 0 aliphatic rings. The largest absolute Gasteiger partial charge is 0.328 e. The van der Waals surface area contributed by atoms with Gasteiger partial charge < -0.3 is 9.80 Å². The highest BCUT2D eigenvalue weighted by atomic mass is 32.1. The Labute approximate surface area is 233 Å². The van der Waals surface area contributed by atoms with Crippen molar-refractivity contribution < 1.29 is 9.18 Å². The molecule has 0 bridgehead atoms. The van der Waals surface area contributed by atoms with E-state index in [0.29, 0.717) is 46.8 Å². The number of aromatic nitrogens is 3. The van der Waals surface area contributed by atoms with Crippen molar-refractivity contribution in [2.75, 3.05) is 27.2 Å². The topological polar surface area (TPSA) is 71.3 Å². The minimum Gasteiger partial charge on any atom is -0.328 e. The molecule has 0 unspecified atom stereocenters. The van der Waals surface area contributed by atoms with Gasteiger partial charge in [-0.2, -0.15) is 4.37 Å². The van der Waals surface area contributed by atoms with Crippen molar-refractivity contribution in [3.63, 3.8) is 0 Å². The van der Waals surface area contributed by atoms with Crippen LogP contribution < -0.4 is 5.56 Å². The van der Waals surface area contributed by atoms with E-state index < -0.39 is 11.9 Å².